The van der Waals surface area contributed by atoms with Gasteiger partial charge >= 0.3 is 71.6 Å². The highest BCUT2D eigenvalue weighted by molar-refractivity contribution is 5.34. The van der Waals surface area contributed by atoms with Crippen LogP contribution in [0.5, 0.6) is 0 Å². The van der Waals surface area contributed by atoms with Gasteiger partial charge in [-0.2, -0.15) is 105 Å². The Morgan fingerprint density at radius 2 is 0.402 bits per heavy atom. The minimum absolute atomic E-state index is 0.0532. The fourth-order valence-corrected chi connectivity index (χ4v) is 12.7. The predicted octanol–water partition coefficient (Wildman–Crippen LogP) is 19.8. The van der Waals surface area contributed by atoms with E-state index in [9.17, 15) is 146 Å². The lowest BCUT2D eigenvalue weighted by molar-refractivity contribution is -0.621. The molecule has 12 nitrogen and oxygen atoms in total. The monoisotopic (exact) mass is 1360 g/mol. The van der Waals surface area contributed by atoms with Crippen LogP contribution in [-0.4, -0.2) is 66.6 Å². The van der Waals surface area contributed by atoms with Gasteiger partial charge in [0.05, 0.1) is 45.9 Å². The Morgan fingerprint density at radius 1 is 0.261 bits per heavy atom. The van der Waals surface area contributed by atoms with E-state index in [-0.39, 0.29) is 73.6 Å². The Bertz CT molecular complexity index is 2740. The molecular weight excluding hydrogens is 1310 g/mol. The quantitative estimate of drug-likeness (QED) is 0.0952. The van der Waals surface area contributed by atoms with E-state index in [1.165, 1.54) is 0 Å². The predicted molar refractivity (Wildman–Crippen MR) is 274 cm³/mol. The van der Waals surface area contributed by atoms with Gasteiger partial charge in [0.1, 0.15) is 0 Å². The van der Waals surface area contributed by atoms with Crippen molar-refractivity contribution in [3.8, 4) is 0 Å². The molecule has 0 aliphatic heterocycles. The van der Waals surface area contributed by atoms with E-state index in [0.29, 0.717) is 74.2 Å². The van der Waals surface area contributed by atoms with E-state index in [1.807, 2.05) is 0 Å². The Hall–Kier alpha value is -7.20. The highest BCUT2D eigenvalue weighted by atomic mass is 19.4. The third-order valence-electron chi connectivity index (χ3n) is 17.3. The van der Waals surface area contributed by atoms with Gasteiger partial charge in [0, 0.05) is 45.4 Å². The summed E-state index contributed by atoms with van der Waals surface area (Å²) in [5, 5.41) is 45.0. The van der Waals surface area contributed by atoms with Crippen molar-refractivity contribution in [1.82, 2.24) is 0 Å². The van der Waals surface area contributed by atoms with Crippen LogP contribution in [0.4, 0.5) is 105 Å². The molecule has 4 aromatic rings. The van der Waals surface area contributed by atoms with Crippen LogP contribution < -0.4 is 0 Å². The molecule has 0 saturated heterocycles. The summed E-state index contributed by atoms with van der Waals surface area (Å²) in [5.41, 5.74) is -17.0. The first-order chi connectivity index (χ1) is 42.0. The molecule has 0 radical (unpaired) electrons. The van der Waals surface area contributed by atoms with Crippen LogP contribution in [0.25, 0.3) is 0 Å². The first-order valence-electron chi connectivity index (χ1n) is 27.5. The molecule has 0 heterocycles. The van der Waals surface area contributed by atoms with E-state index in [2.05, 4.69) is 0 Å². The second kappa shape index (κ2) is 27.4. The van der Waals surface area contributed by atoms with Crippen LogP contribution in [0.1, 0.15) is 171 Å². The van der Waals surface area contributed by atoms with Crippen molar-refractivity contribution in [3.63, 3.8) is 0 Å². The van der Waals surface area contributed by atoms with E-state index in [4.69, 9.17) is 0 Å². The molecule has 0 bridgehead atoms. The van der Waals surface area contributed by atoms with Gasteiger partial charge in [-0.3, -0.25) is 40.5 Å². The molecular formula is C56H52F24N4O8. The van der Waals surface area contributed by atoms with E-state index >= 15 is 0 Å². The maximum Gasteiger partial charge on any atom is 0.461 e. The van der Waals surface area contributed by atoms with Crippen molar-refractivity contribution in [2.45, 2.75) is 198 Å². The van der Waals surface area contributed by atoms with Crippen molar-refractivity contribution >= 4 is 0 Å². The highest BCUT2D eigenvalue weighted by Crippen LogP contribution is 2.56. The lowest BCUT2D eigenvalue weighted by Gasteiger charge is -2.38. The highest BCUT2D eigenvalue weighted by Gasteiger charge is 2.74. The number of halogens is 24. The topological polar surface area (TPSA) is 173 Å². The van der Waals surface area contributed by atoms with Gasteiger partial charge in [0.2, 0.25) is 0 Å². The lowest BCUT2D eigenvalue weighted by Crippen LogP contribution is -2.57. The normalized spacial score (nSPS) is 26.1. The molecule has 4 fully saturated rings. The smallest absolute Gasteiger partial charge is 0.264 e. The van der Waals surface area contributed by atoms with Gasteiger partial charge in [-0.1, -0.05) is 74.2 Å². The van der Waals surface area contributed by atoms with E-state index in [1.54, 1.807) is 0 Å². The molecule has 512 valence electrons. The van der Waals surface area contributed by atoms with Gasteiger partial charge in [-0.25, -0.2) is 0 Å². The summed E-state index contributed by atoms with van der Waals surface area (Å²) in [5.74, 6) is -5.97. The number of rotatable bonds is 8. The number of alkyl halides is 24. The Labute approximate surface area is 504 Å². The van der Waals surface area contributed by atoms with Crippen molar-refractivity contribution < 1.29 is 125 Å². The van der Waals surface area contributed by atoms with E-state index in [0.717, 1.165) is 48.5 Å². The van der Waals surface area contributed by atoms with Crippen LogP contribution in [-0.2, 0) is 24.7 Å². The molecule has 0 amide bonds. The average molecular weight is 1370 g/mol. The zero-order chi connectivity index (χ0) is 69.9. The summed E-state index contributed by atoms with van der Waals surface area (Å²) in [4.78, 5) is 39.7. The van der Waals surface area contributed by atoms with Crippen molar-refractivity contribution in [2.24, 2.45) is 0 Å². The summed E-state index contributed by atoms with van der Waals surface area (Å²) >= 11 is 0. The van der Waals surface area contributed by atoms with Crippen LogP contribution in [0.3, 0.4) is 0 Å². The minimum atomic E-state index is -5.08. The SMILES string of the molecule is O=[N+]([O-])[C@@]1(C(F)(F)F)CCCC[C@H]1c1ccc(C(F)(F)F)cc1.O=[N+]([O-])[C@@]1(C(F)(F)F)CCCC[C@H]1c1ccc(C(F)(F)F)cc1.O=[N+]([O-])[C@]1(C(F)(F)F)CCCC[C@@H]1c1ccc(C(F)(F)F)cc1.O=[N+]([O-])[C@]1(C(F)(F)F)CCCC[C@@H]1c1ccc(C(F)(F)F)cc1. The Kier molecular flexibility index (Phi) is 22.5. The Morgan fingerprint density at radius 3 is 0.511 bits per heavy atom. The lowest BCUT2D eigenvalue weighted by atomic mass is 9.69. The first-order valence-corrected chi connectivity index (χ1v) is 27.5. The van der Waals surface area contributed by atoms with Gasteiger partial charge in [-0.05, 0) is 122 Å². The largest absolute Gasteiger partial charge is 0.461 e. The standard InChI is InChI=1S/4C14H13F6NO2/c4*15-13(16,17)10-6-4-9(5-7-10)11-3-1-2-8-12(11,21(22)23)14(18,19)20/h4*4-7,11H,1-3,8H2/t4*11-,12-/m1100/s1. The zero-order valence-corrected chi connectivity index (χ0v) is 47.0. The van der Waals surface area contributed by atoms with Crippen molar-refractivity contribution in [1.29, 1.82) is 0 Å². The number of benzene rings is 4. The first kappa shape index (κ1) is 75.5. The van der Waals surface area contributed by atoms with Gasteiger partial charge in [0.25, 0.3) is 0 Å². The summed E-state index contributed by atoms with van der Waals surface area (Å²) < 4.78 is 312. The molecule has 0 unspecified atom stereocenters. The molecule has 4 aromatic carbocycles. The fourth-order valence-electron chi connectivity index (χ4n) is 12.7. The molecule has 36 heteroatoms. The fraction of sp³-hybridized carbons (Fsp3) is 0.571. The van der Waals surface area contributed by atoms with Crippen LogP contribution in [0.15, 0.2) is 97.1 Å². The second-order valence-electron chi connectivity index (χ2n) is 22.4. The molecule has 92 heavy (non-hydrogen) atoms. The maximum absolute atomic E-state index is 13.4. The summed E-state index contributed by atoms with van der Waals surface area (Å²) in [6.07, 6.45) is -40.2. The third-order valence-corrected chi connectivity index (χ3v) is 17.3. The van der Waals surface area contributed by atoms with Gasteiger partial charge in [-0.15, -0.1) is 0 Å². The maximum atomic E-state index is 13.4. The number of nitrogens with zero attached hydrogens (tertiary/aromatic N) is 4. The van der Waals surface area contributed by atoms with Gasteiger partial charge < -0.3 is 0 Å². The van der Waals surface area contributed by atoms with Crippen molar-refractivity contribution in [2.75, 3.05) is 0 Å². The van der Waals surface area contributed by atoms with Gasteiger partial charge in [0.15, 0.2) is 0 Å². The molecule has 8 rings (SSSR count). The van der Waals surface area contributed by atoms with Crippen LogP contribution in [0.2, 0.25) is 0 Å². The molecule has 0 spiro atoms. The van der Waals surface area contributed by atoms with Crippen LogP contribution in [0, 0.1) is 40.5 Å². The molecule has 0 aromatic heterocycles. The molecule has 8 atom stereocenters. The molecule has 0 N–H and O–H groups in total. The van der Waals surface area contributed by atoms with Crippen molar-refractivity contribution in [3.05, 3.63) is 182 Å². The molecule has 4 aliphatic carbocycles. The molecule has 4 saturated carbocycles. The second-order valence-corrected chi connectivity index (χ2v) is 22.4. The summed E-state index contributed by atoms with van der Waals surface area (Å²) in [6, 6.07) is 12.5. The summed E-state index contributed by atoms with van der Waals surface area (Å²) in [7, 11) is 0. The Balaban J connectivity index is 0.000000223. The number of nitro groups is 4. The number of hydrogen-bond acceptors (Lipinski definition) is 8. The molecule has 4 aliphatic rings. The average Bonchev–Trinajstić information content (AvgIpc) is 0.767. The zero-order valence-electron chi connectivity index (χ0n) is 47.0. The van der Waals surface area contributed by atoms with Crippen LogP contribution >= 0.6 is 0 Å². The summed E-state index contributed by atoms with van der Waals surface area (Å²) in [6.45, 7) is 0. The number of hydrogen-bond donors (Lipinski definition) is 0. The van der Waals surface area contributed by atoms with E-state index < -0.39 is 163 Å². The minimum Gasteiger partial charge on any atom is -0.264 e. The third kappa shape index (κ3) is 15.5.